The fraction of sp³-hybridized carbons (Fsp3) is 0.625. The predicted molar refractivity (Wildman–Crippen MR) is 54.1 cm³/mol. The van der Waals surface area contributed by atoms with Crippen molar-refractivity contribution < 1.29 is 8.42 Å². The van der Waals surface area contributed by atoms with Gasteiger partial charge in [-0.1, -0.05) is 20.8 Å². The van der Waals surface area contributed by atoms with E-state index in [0.29, 0.717) is 5.56 Å². The zero-order chi connectivity index (χ0) is 11.0. The molecule has 6 heteroatoms. The summed E-state index contributed by atoms with van der Waals surface area (Å²) in [7, 11) is -3.49. The maximum Gasteiger partial charge on any atom is 0.213 e. The lowest BCUT2D eigenvalue weighted by molar-refractivity contribution is 0.560. The SMILES string of the molecule is CC(C)(C)c1[nH]ncc1CS(N)(=O)=O. The van der Waals surface area contributed by atoms with Gasteiger partial charge in [-0.25, -0.2) is 13.6 Å². The smallest absolute Gasteiger partial charge is 0.213 e. The summed E-state index contributed by atoms with van der Waals surface area (Å²) in [5.74, 6) is -0.171. The first-order chi connectivity index (χ1) is 6.20. The van der Waals surface area contributed by atoms with Gasteiger partial charge in [0.2, 0.25) is 10.0 Å². The molecule has 0 aliphatic rings. The quantitative estimate of drug-likeness (QED) is 0.755. The molecule has 0 saturated heterocycles. The van der Waals surface area contributed by atoms with Gasteiger partial charge in [-0.2, -0.15) is 5.10 Å². The number of nitrogens with two attached hydrogens (primary N) is 1. The monoisotopic (exact) mass is 217 g/mol. The highest BCUT2D eigenvalue weighted by Gasteiger charge is 2.21. The minimum atomic E-state index is -3.49. The van der Waals surface area contributed by atoms with Crippen molar-refractivity contribution in [1.29, 1.82) is 0 Å². The number of hydrogen-bond acceptors (Lipinski definition) is 3. The van der Waals surface area contributed by atoms with E-state index >= 15 is 0 Å². The summed E-state index contributed by atoms with van der Waals surface area (Å²) in [6, 6.07) is 0. The van der Waals surface area contributed by atoms with Crippen LogP contribution in [0, 0.1) is 0 Å². The molecule has 14 heavy (non-hydrogen) atoms. The molecule has 1 heterocycles. The number of nitrogens with one attached hydrogen (secondary N) is 1. The zero-order valence-corrected chi connectivity index (χ0v) is 9.35. The van der Waals surface area contributed by atoms with Crippen molar-refractivity contribution in [1.82, 2.24) is 10.2 Å². The molecule has 0 aromatic carbocycles. The fourth-order valence-corrected chi connectivity index (χ4v) is 1.94. The number of rotatable bonds is 2. The Labute approximate surface area is 83.8 Å². The topological polar surface area (TPSA) is 88.8 Å². The van der Waals surface area contributed by atoms with Crippen LogP contribution >= 0.6 is 0 Å². The molecule has 0 bridgehead atoms. The molecule has 0 amide bonds. The number of sulfonamides is 1. The summed E-state index contributed by atoms with van der Waals surface area (Å²) in [5.41, 5.74) is 1.29. The first-order valence-corrected chi connectivity index (χ1v) is 5.95. The summed E-state index contributed by atoms with van der Waals surface area (Å²) < 4.78 is 21.8. The molecule has 1 rings (SSSR count). The van der Waals surface area contributed by atoms with Gasteiger partial charge in [0.25, 0.3) is 0 Å². The Balaban J connectivity index is 3.06. The lowest BCUT2D eigenvalue weighted by Gasteiger charge is -2.17. The van der Waals surface area contributed by atoms with Gasteiger partial charge >= 0.3 is 0 Å². The van der Waals surface area contributed by atoms with Crippen LogP contribution in [-0.2, 0) is 21.2 Å². The van der Waals surface area contributed by atoms with Crippen LogP contribution in [0.4, 0.5) is 0 Å². The van der Waals surface area contributed by atoms with E-state index in [2.05, 4.69) is 10.2 Å². The molecule has 0 fully saturated rings. The van der Waals surface area contributed by atoms with Crippen LogP contribution in [0.5, 0.6) is 0 Å². The van der Waals surface area contributed by atoms with E-state index in [4.69, 9.17) is 5.14 Å². The highest BCUT2D eigenvalue weighted by atomic mass is 32.2. The molecule has 80 valence electrons. The van der Waals surface area contributed by atoms with Gasteiger partial charge in [0, 0.05) is 16.7 Å². The molecule has 5 nitrogen and oxygen atoms in total. The standard InChI is InChI=1S/C8H15N3O2S/c1-8(2,3)7-6(4-10-11-7)5-14(9,12)13/h4H,5H2,1-3H3,(H,10,11)(H2,9,12,13). The third-order valence-corrected chi connectivity index (χ3v) is 2.54. The van der Waals surface area contributed by atoms with E-state index < -0.39 is 10.0 Å². The van der Waals surface area contributed by atoms with Crippen LogP contribution in [0.15, 0.2) is 6.20 Å². The zero-order valence-electron chi connectivity index (χ0n) is 8.53. The third kappa shape index (κ3) is 2.81. The average molecular weight is 217 g/mol. The van der Waals surface area contributed by atoms with E-state index in [-0.39, 0.29) is 11.2 Å². The molecule has 0 radical (unpaired) electrons. The molecule has 0 aliphatic heterocycles. The van der Waals surface area contributed by atoms with Crippen molar-refractivity contribution in [2.24, 2.45) is 5.14 Å². The third-order valence-electron chi connectivity index (χ3n) is 1.82. The largest absolute Gasteiger partial charge is 0.282 e. The van der Waals surface area contributed by atoms with Gasteiger partial charge in [0.05, 0.1) is 11.9 Å². The molecule has 0 saturated carbocycles. The number of aromatic nitrogens is 2. The highest BCUT2D eigenvalue weighted by molar-refractivity contribution is 7.88. The Morgan fingerprint density at radius 1 is 1.50 bits per heavy atom. The second-order valence-corrected chi connectivity index (χ2v) is 5.94. The summed E-state index contributed by atoms with van der Waals surface area (Å²) in [4.78, 5) is 0. The number of nitrogens with zero attached hydrogens (tertiary/aromatic N) is 1. The first kappa shape index (κ1) is 11.2. The summed E-state index contributed by atoms with van der Waals surface area (Å²) in [5, 5.41) is 11.6. The lowest BCUT2D eigenvalue weighted by Crippen LogP contribution is -2.19. The van der Waals surface area contributed by atoms with Gasteiger partial charge in [0.1, 0.15) is 0 Å². The van der Waals surface area contributed by atoms with Crippen LogP contribution in [-0.4, -0.2) is 18.6 Å². The van der Waals surface area contributed by atoms with Crippen LogP contribution in [0.3, 0.4) is 0 Å². The fourth-order valence-electron chi connectivity index (χ4n) is 1.29. The maximum absolute atomic E-state index is 10.9. The molecule has 0 atom stereocenters. The van der Waals surface area contributed by atoms with E-state index in [1.807, 2.05) is 20.8 Å². The van der Waals surface area contributed by atoms with Crippen molar-refractivity contribution >= 4 is 10.0 Å². The lowest BCUT2D eigenvalue weighted by atomic mass is 9.90. The normalized spacial score (nSPS) is 13.1. The molecule has 1 aromatic rings. The molecular weight excluding hydrogens is 202 g/mol. The van der Waals surface area contributed by atoms with E-state index in [9.17, 15) is 8.42 Å². The van der Waals surface area contributed by atoms with Gasteiger partial charge in [0.15, 0.2) is 0 Å². The maximum atomic E-state index is 10.9. The van der Waals surface area contributed by atoms with Crippen molar-refractivity contribution in [3.05, 3.63) is 17.5 Å². The summed E-state index contributed by atoms with van der Waals surface area (Å²) in [6.45, 7) is 5.94. The second-order valence-electron chi connectivity index (χ2n) is 4.33. The Bertz CT molecular complexity index is 414. The number of primary sulfonamides is 1. The summed E-state index contributed by atoms with van der Waals surface area (Å²) in [6.07, 6.45) is 1.50. The minimum Gasteiger partial charge on any atom is -0.282 e. The predicted octanol–water partition coefficient (Wildman–Crippen LogP) is 0.496. The molecule has 0 unspecified atom stereocenters. The number of aromatic amines is 1. The Kier molecular flexibility index (Phi) is 2.69. The number of H-pyrrole nitrogens is 1. The average Bonchev–Trinajstić information content (AvgIpc) is 2.29. The van der Waals surface area contributed by atoms with Gasteiger partial charge in [-0.3, -0.25) is 5.10 Å². The van der Waals surface area contributed by atoms with Crippen LogP contribution < -0.4 is 5.14 Å². The van der Waals surface area contributed by atoms with Gasteiger partial charge in [-0.05, 0) is 0 Å². The van der Waals surface area contributed by atoms with Crippen molar-refractivity contribution in [2.75, 3.05) is 0 Å². The Hall–Kier alpha value is -0.880. The first-order valence-electron chi connectivity index (χ1n) is 4.23. The Morgan fingerprint density at radius 2 is 2.07 bits per heavy atom. The Morgan fingerprint density at radius 3 is 2.50 bits per heavy atom. The molecule has 1 aromatic heterocycles. The minimum absolute atomic E-state index is 0.156. The second kappa shape index (κ2) is 3.36. The molecule has 0 spiro atoms. The molecule has 3 N–H and O–H groups in total. The van der Waals surface area contributed by atoms with Crippen molar-refractivity contribution in [3.63, 3.8) is 0 Å². The van der Waals surface area contributed by atoms with E-state index in [1.54, 1.807) is 0 Å². The van der Waals surface area contributed by atoms with E-state index in [0.717, 1.165) is 5.69 Å². The molecule has 0 aliphatic carbocycles. The van der Waals surface area contributed by atoms with Crippen molar-refractivity contribution in [3.8, 4) is 0 Å². The van der Waals surface area contributed by atoms with Crippen LogP contribution in [0.2, 0.25) is 0 Å². The van der Waals surface area contributed by atoms with Crippen LogP contribution in [0.25, 0.3) is 0 Å². The van der Waals surface area contributed by atoms with Gasteiger partial charge in [-0.15, -0.1) is 0 Å². The van der Waals surface area contributed by atoms with Gasteiger partial charge < -0.3 is 0 Å². The molecular formula is C8H15N3O2S. The number of hydrogen-bond donors (Lipinski definition) is 2. The van der Waals surface area contributed by atoms with Crippen molar-refractivity contribution in [2.45, 2.75) is 31.9 Å². The highest BCUT2D eigenvalue weighted by Crippen LogP contribution is 2.24. The van der Waals surface area contributed by atoms with Crippen LogP contribution in [0.1, 0.15) is 32.0 Å². The summed E-state index contributed by atoms with van der Waals surface area (Å²) >= 11 is 0. The van der Waals surface area contributed by atoms with E-state index in [1.165, 1.54) is 6.20 Å².